The molecule has 0 saturated carbocycles. The Morgan fingerprint density at radius 2 is 1.94 bits per heavy atom. The average molecular weight is 318 g/mol. The van der Waals surface area contributed by atoms with E-state index < -0.39 is 10.7 Å². The Labute approximate surface area is 112 Å². The summed E-state index contributed by atoms with van der Waals surface area (Å²) in [5.41, 5.74) is -0.0947. The third kappa shape index (κ3) is 2.62. The van der Waals surface area contributed by atoms with E-state index in [0.29, 0.717) is 17.6 Å². The second kappa shape index (κ2) is 5.19. The fraction of sp³-hybridized carbons (Fsp3) is 0.455. The number of anilines is 1. The minimum absolute atomic E-state index is 0.0938. The summed E-state index contributed by atoms with van der Waals surface area (Å²) in [5, 5.41) is 11.0. The highest BCUT2D eigenvalue weighted by molar-refractivity contribution is 9.10. The van der Waals surface area contributed by atoms with Crippen LogP contribution in [0.25, 0.3) is 0 Å². The monoisotopic (exact) mass is 317 g/mol. The van der Waals surface area contributed by atoms with Crippen molar-refractivity contribution in [2.45, 2.75) is 0 Å². The van der Waals surface area contributed by atoms with Crippen molar-refractivity contribution in [2.75, 3.05) is 38.1 Å². The van der Waals surface area contributed by atoms with E-state index in [1.807, 2.05) is 7.05 Å². The molecule has 1 aromatic carbocycles. The molecule has 1 fully saturated rings. The third-order valence-electron chi connectivity index (χ3n) is 3.02. The van der Waals surface area contributed by atoms with Gasteiger partial charge in [-0.05, 0) is 13.1 Å². The second-order valence-corrected chi connectivity index (χ2v) is 5.22. The van der Waals surface area contributed by atoms with Crippen molar-refractivity contribution in [3.63, 3.8) is 0 Å². The molecule has 0 bridgehead atoms. The zero-order valence-electron chi connectivity index (χ0n) is 9.90. The number of hydrogen-bond donors (Lipinski definition) is 0. The van der Waals surface area contributed by atoms with Crippen LogP contribution in [0.5, 0.6) is 0 Å². The molecule has 0 radical (unpaired) electrons. The van der Waals surface area contributed by atoms with Crippen molar-refractivity contribution >= 4 is 27.3 Å². The molecule has 0 aliphatic carbocycles. The molecule has 0 N–H and O–H groups in total. The molecule has 5 nitrogen and oxygen atoms in total. The van der Waals surface area contributed by atoms with Gasteiger partial charge in [-0.3, -0.25) is 10.1 Å². The van der Waals surface area contributed by atoms with Crippen molar-refractivity contribution in [3.05, 3.63) is 32.5 Å². The number of nitro groups is 1. The van der Waals surface area contributed by atoms with E-state index in [1.54, 1.807) is 4.90 Å². The lowest BCUT2D eigenvalue weighted by molar-refractivity contribution is -0.384. The van der Waals surface area contributed by atoms with E-state index in [-0.39, 0.29) is 11.4 Å². The van der Waals surface area contributed by atoms with Gasteiger partial charge in [-0.25, -0.2) is 4.39 Å². The normalized spacial score (nSPS) is 16.9. The van der Waals surface area contributed by atoms with Crippen LogP contribution in [-0.4, -0.2) is 43.0 Å². The van der Waals surface area contributed by atoms with E-state index in [4.69, 9.17) is 0 Å². The predicted molar refractivity (Wildman–Crippen MR) is 70.5 cm³/mol. The molecule has 1 aliphatic heterocycles. The molecule has 1 aliphatic rings. The summed E-state index contributed by atoms with van der Waals surface area (Å²) in [6, 6.07) is 2.61. The van der Waals surface area contributed by atoms with Crippen LogP contribution in [0.1, 0.15) is 0 Å². The summed E-state index contributed by atoms with van der Waals surface area (Å²) in [6.45, 7) is 2.73. The fourth-order valence-electron chi connectivity index (χ4n) is 2.03. The molecule has 98 valence electrons. The van der Waals surface area contributed by atoms with E-state index in [9.17, 15) is 14.5 Å². The molecular formula is C11H13BrFN3O2. The Morgan fingerprint density at radius 3 is 2.50 bits per heavy atom. The molecule has 1 aromatic rings. The summed E-state index contributed by atoms with van der Waals surface area (Å²) >= 11 is 3.08. The van der Waals surface area contributed by atoms with Gasteiger partial charge in [0.05, 0.1) is 4.92 Å². The molecule has 0 aromatic heterocycles. The minimum atomic E-state index is -0.555. The largest absolute Gasteiger partial charge is 0.361 e. The minimum Gasteiger partial charge on any atom is -0.361 e. The van der Waals surface area contributed by atoms with Gasteiger partial charge in [0.25, 0.3) is 5.69 Å². The van der Waals surface area contributed by atoms with Crippen LogP contribution in [0, 0.1) is 15.9 Å². The Hall–Kier alpha value is -1.21. The Morgan fingerprint density at radius 1 is 1.33 bits per heavy atom. The molecule has 0 atom stereocenters. The second-order valence-electron chi connectivity index (χ2n) is 4.30. The molecular weight excluding hydrogens is 305 g/mol. The lowest BCUT2D eigenvalue weighted by Gasteiger charge is -2.33. The van der Waals surface area contributed by atoms with Crippen LogP contribution in [0.3, 0.4) is 0 Å². The highest BCUT2D eigenvalue weighted by Gasteiger charge is 2.26. The first-order valence-electron chi connectivity index (χ1n) is 5.56. The molecule has 0 spiro atoms. The lowest BCUT2D eigenvalue weighted by atomic mass is 10.2. The molecule has 0 amide bonds. The number of piperazine rings is 1. The number of benzene rings is 1. The van der Waals surface area contributed by atoms with Crippen LogP contribution in [-0.2, 0) is 0 Å². The molecule has 1 heterocycles. The quantitative estimate of drug-likeness (QED) is 0.620. The summed E-state index contributed by atoms with van der Waals surface area (Å²) in [6.07, 6.45) is 0. The maximum Gasteiger partial charge on any atom is 0.296 e. The smallest absolute Gasteiger partial charge is 0.296 e. The Kier molecular flexibility index (Phi) is 3.82. The van der Waals surface area contributed by atoms with Gasteiger partial charge in [0.2, 0.25) is 0 Å². The van der Waals surface area contributed by atoms with Gasteiger partial charge in [0, 0.05) is 36.7 Å². The lowest BCUT2D eigenvalue weighted by Crippen LogP contribution is -2.45. The van der Waals surface area contributed by atoms with Crippen molar-refractivity contribution in [3.8, 4) is 0 Å². The van der Waals surface area contributed by atoms with E-state index >= 15 is 0 Å². The standard InChI is InChI=1S/C11H13BrFN3O2/c1-14-2-4-15(5-3-14)11-9(13)6-8(12)7-10(11)16(17)18/h6-7H,2-5H2,1H3. The van der Waals surface area contributed by atoms with Gasteiger partial charge < -0.3 is 9.80 Å². The Balaban J connectivity index is 2.39. The summed E-state index contributed by atoms with van der Waals surface area (Å²) in [4.78, 5) is 14.3. The van der Waals surface area contributed by atoms with Crippen molar-refractivity contribution < 1.29 is 9.31 Å². The number of halogens is 2. The Bertz CT molecular complexity index is 476. The maximum atomic E-state index is 14.0. The van der Waals surface area contributed by atoms with Crippen LogP contribution in [0.15, 0.2) is 16.6 Å². The topological polar surface area (TPSA) is 49.6 Å². The van der Waals surface area contributed by atoms with Gasteiger partial charge in [-0.15, -0.1) is 0 Å². The molecule has 18 heavy (non-hydrogen) atoms. The van der Waals surface area contributed by atoms with Crippen LogP contribution in [0.2, 0.25) is 0 Å². The SMILES string of the molecule is CN1CCN(c2c(F)cc(Br)cc2[N+](=O)[O-])CC1. The van der Waals surface area contributed by atoms with Gasteiger partial charge in [-0.1, -0.05) is 15.9 Å². The first-order valence-corrected chi connectivity index (χ1v) is 6.35. The van der Waals surface area contributed by atoms with Gasteiger partial charge in [0.1, 0.15) is 0 Å². The zero-order valence-corrected chi connectivity index (χ0v) is 11.5. The van der Waals surface area contributed by atoms with E-state index in [1.165, 1.54) is 12.1 Å². The van der Waals surface area contributed by atoms with Gasteiger partial charge >= 0.3 is 0 Å². The van der Waals surface area contributed by atoms with E-state index in [2.05, 4.69) is 20.8 Å². The summed E-state index contributed by atoms with van der Waals surface area (Å²) in [5.74, 6) is -0.555. The molecule has 7 heteroatoms. The first kappa shape index (κ1) is 13.2. The molecule has 2 rings (SSSR count). The predicted octanol–water partition coefficient (Wildman–Crippen LogP) is 2.25. The summed E-state index contributed by atoms with van der Waals surface area (Å²) < 4.78 is 14.3. The zero-order chi connectivity index (χ0) is 13.3. The van der Waals surface area contributed by atoms with Crippen molar-refractivity contribution in [2.24, 2.45) is 0 Å². The number of rotatable bonds is 2. The molecule has 0 unspecified atom stereocenters. The number of nitro benzene ring substituents is 1. The van der Waals surface area contributed by atoms with Crippen molar-refractivity contribution in [1.82, 2.24) is 4.90 Å². The van der Waals surface area contributed by atoms with Gasteiger partial charge in [-0.2, -0.15) is 0 Å². The highest BCUT2D eigenvalue weighted by atomic mass is 79.9. The fourth-order valence-corrected chi connectivity index (χ4v) is 2.45. The number of likely N-dealkylation sites (N-methyl/N-ethyl adjacent to an activating group) is 1. The average Bonchev–Trinajstić information content (AvgIpc) is 2.29. The van der Waals surface area contributed by atoms with Gasteiger partial charge in [0.15, 0.2) is 11.5 Å². The number of hydrogen-bond acceptors (Lipinski definition) is 4. The highest BCUT2D eigenvalue weighted by Crippen LogP contribution is 2.34. The third-order valence-corrected chi connectivity index (χ3v) is 3.48. The van der Waals surface area contributed by atoms with Crippen LogP contribution >= 0.6 is 15.9 Å². The van der Waals surface area contributed by atoms with Crippen LogP contribution in [0.4, 0.5) is 15.8 Å². The van der Waals surface area contributed by atoms with Crippen molar-refractivity contribution in [1.29, 1.82) is 0 Å². The van der Waals surface area contributed by atoms with Crippen LogP contribution < -0.4 is 4.90 Å². The summed E-state index contributed by atoms with van der Waals surface area (Å²) in [7, 11) is 1.98. The first-order chi connectivity index (χ1) is 8.49. The maximum absolute atomic E-state index is 14.0. The molecule has 1 saturated heterocycles. The van der Waals surface area contributed by atoms with E-state index in [0.717, 1.165) is 13.1 Å². The number of nitrogens with zero attached hydrogens (tertiary/aromatic N) is 3.